The van der Waals surface area contributed by atoms with Crippen molar-refractivity contribution >= 4 is 12.2 Å². The summed E-state index contributed by atoms with van der Waals surface area (Å²) in [5, 5.41) is 4.71. The summed E-state index contributed by atoms with van der Waals surface area (Å²) >= 11 is 0. The Balaban J connectivity index is 1.39. The Hall–Kier alpha value is -3.94. The first kappa shape index (κ1) is 20.9. The van der Waals surface area contributed by atoms with Gasteiger partial charge in [0.05, 0.1) is 31.9 Å². The fourth-order valence-electron chi connectivity index (χ4n) is 4.19. The second kappa shape index (κ2) is 8.90. The molecule has 0 aliphatic carbocycles. The second-order valence-electron chi connectivity index (χ2n) is 8.04. The molecule has 4 heterocycles. The van der Waals surface area contributed by atoms with Crippen molar-refractivity contribution in [1.82, 2.24) is 29.3 Å². The number of benzene rings is 1. The van der Waals surface area contributed by atoms with E-state index >= 15 is 0 Å². The molecular formula is C25H26N6O2. The average molecular weight is 443 g/mol. The molecule has 1 aliphatic rings. The van der Waals surface area contributed by atoms with Gasteiger partial charge in [0.2, 0.25) is 5.88 Å². The zero-order valence-corrected chi connectivity index (χ0v) is 19.0. The smallest absolute Gasteiger partial charge is 0.238 e. The van der Waals surface area contributed by atoms with Gasteiger partial charge in [-0.25, -0.2) is 19.6 Å². The van der Waals surface area contributed by atoms with E-state index in [4.69, 9.17) is 19.6 Å². The number of ether oxygens (including phenoxy) is 2. The number of pyridine rings is 1. The van der Waals surface area contributed by atoms with Crippen LogP contribution >= 0.6 is 0 Å². The predicted molar refractivity (Wildman–Crippen MR) is 126 cm³/mol. The number of hydrogen-bond donors (Lipinski definition) is 0. The minimum atomic E-state index is 0.232. The zero-order chi connectivity index (χ0) is 22.8. The normalized spacial score (nSPS) is 15.5. The molecule has 8 heteroatoms. The SMILES string of the molecule is COc1ccc([C@@H]2CCCn3nc(C=Cc4ccc(-n5cnc(C)c5)c(OC)n4)nc32)cc1. The van der Waals surface area contributed by atoms with Gasteiger partial charge in [-0.1, -0.05) is 12.1 Å². The largest absolute Gasteiger partial charge is 0.497 e. The first-order valence-corrected chi connectivity index (χ1v) is 11.0. The van der Waals surface area contributed by atoms with E-state index in [1.165, 1.54) is 5.56 Å². The van der Waals surface area contributed by atoms with Crippen LogP contribution < -0.4 is 9.47 Å². The Bertz CT molecular complexity index is 1290. The molecule has 1 aliphatic heterocycles. The molecule has 0 bridgehead atoms. The molecule has 33 heavy (non-hydrogen) atoms. The van der Waals surface area contributed by atoms with E-state index in [9.17, 15) is 0 Å². The minimum Gasteiger partial charge on any atom is -0.497 e. The van der Waals surface area contributed by atoms with E-state index in [1.54, 1.807) is 20.5 Å². The van der Waals surface area contributed by atoms with Crippen molar-refractivity contribution in [3.8, 4) is 17.3 Å². The zero-order valence-electron chi connectivity index (χ0n) is 19.0. The van der Waals surface area contributed by atoms with Crippen molar-refractivity contribution in [3.05, 3.63) is 77.5 Å². The highest BCUT2D eigenvalue weighted by Crippen LogP contribution is 2.33. The Morgan fingerprint density at radius 1 is 1.00 bits per heavy atom. The molecule has 8 nitrogen and oxygen atoms in total. The lowest BCUT2D eigenvalue weighted by molar-refractivity contribution is 0.395. The van der Waals surface area contributed by atoms with Crippen molar-refractivity contribution in [3.63, 3.8) is 0 Å². The van der Waals surface area contributed by atoms with E-state index in [2.05, 4.69) is 22.1 Å². The molecule has 0 radical (unpaired) electrons. The van der Waals surface area contributed by atoms with Gasteiger partial charge in [0.15, 0.2) is 5.82 Å². The lowest BCUT2D eigenvalue weighted by Crippen LogP contribution is -2.17. The molecule has 0 fully saturated rings. The summed E-state index contributed by atoms with van der Waals surface area (Å²) < 4.78 is 14.7. The third kappa shape index (κ3) is 4.24. The molecule has 1 atom stereocenters. The maximum Gasteiger partial charge on any atom is 0.238 e. The number of fused-ring (bicyclic) bond motifs is 1. The highest BCUT2D eigenvalue weighted by atomic mass is 16.5. The summed E-state index contributed by atoms with van der Waals surface area (Å²) in [6.45, 7) is 2.83. The van der Waals surface area contributed by atoms with Gasteiger partial charge in [0, 0.05) is 18.7 Å². The highest BCUT2D eigenvalue weighted by Gasteiger charge is 2.25. The highest BCUT2D eigenvalue weighted by molar-refractivity contribution is 5.65. The van der Waals surface area contributed by atoms with E-state index in [1.807, 2.05) is 58.8 Å². The molecule has 0 amide bonds. The lowest BCUT2D eigenvalue weighted by atomic mass is 9.91. The van der Waals surface area contributed by atoms with Crippen LogP contribution in [0.1, 0.15) is 47.4 Å². The minimum absolute atomic E-state index is 0.232. The fraction of sp³-hybridized carbons (Fsp3) is 0.280. The first-order valence-electron chi connectivity index (χ1n) is 11.0. The topological polar surface area (TPSA) is 79.9 Å². The third-order valence-corrected chi connectivity index (χ3v) is 5.86. The molecule has 0 saturated heterocycles. The molecule has 5 rings (SSSR count). The molecule has 0 saturated carbocycles. The summed E-state index contributed by atoms with van der Waals surface area (Å²) in [4.78, 5) is 13.7. The molecule has 3 aromatic heterocycles. The van der Waals surface area contributed by atoms with Crippen LogP contribution in [-0.4, -0.2) is 43.5 Å². The van der Waals surface area contributed by atoms with Gasteiger partial charge >= 0.3 is 0 Å². The van der Waals surface area contributed by atoms with E-state index in [-0.39, 0.29) is 5.92 Å². The molecule has 0 spiro atoms. The molecule has 0 N–H and O–H groups in total. The second-order valence-corrected chi connectivity index (χ2v) is 8.04. The van der Waals surface area contributed by atoms with Gasteiger partial charge in [0.1, 0.15) is 17.3 Å². The summed E-state index contributed by atoms with van der Waals surface area (Å²) in [6.07, 6.45) is 9.64. The number of nitrogens with zero attached hydrogens (tertiary/aromatic N) is 6. The van der Waals surface area contributed by atoms with E-state index in [0.29, 0.717) is 11.7 Å². The fourth-order valence-corrected chi connectivity index (χ4v) is 4.19. The first-order chi connectivity index (χ1) is 16.1. The van der Waals surface area contributed by atoms with E-state index in [0.717, 1.165) is 48.0 Å². The number of aromatic nitrogens is 6. The molecule has 1 aromatic carbocycles. The average Bonchev–Trinajstić information content (AvgIpc) is 3.48. The third-order valence-electron chi connectivity index (χ3n) is 5.86. The monoisotopic (exact) mass is 442 g/mol. The van der Waals surface area contributed by atoms with E-state index < -0.39 is 0 Å². The van der Waals surface area contributed by atoms with Crippen LogP contribution in [-0.2, 0) is 6.54 Å². The summed E-state index contributed by atoms with van der Waals surface area (Å²) in [5.74, 6) is 3.31. The number of aryl methyl sites for hydroxylation is 2. The van der Waals surface area contributed by atoms with Crippen LogP contribution in [0.2, 0.25) is 0 Å². The Kier molecular flexibility index (Phi) is 5.64. The quantitative estimate of drug-likeness (QED) is 0.443. The van der Waals surface area contributed by atoms with Gasteiger partial charge in [0.25, 0.3) is 0 Å². The molecule has 0 unspecified atom stereocenters. The lowest BCUT2D eigenvalue weighted by Gasteiger charge is -2.22. The molecule has 168 valence electrons. The van der Waals surface area contributed by atoms with Gasteiger partial charge < -0.3 is 14.0 Å². The summed E-state index contributed by atoms with van der Waals surface area (Å²) in [6, 6.07) is 12.1. The summed E-state index contributed by atoms with van der Waals surface area (Å²) in [5.41, 5.74) is 3.78. The van der Waals surface area contributed by atoms with Crippen molar-refractivity contribution < 1.29 is 9.47 Å². The summed E-state index contributed by atoms with van der Waals surface area (Å²) in [7, 11) is 3.30. The Morgan fingerprint density at radius 3 is 2.58 bits per heavy atom. The standard InChI is InChI=1S/C25H26N6O2/c1-17-15-30(16-26-17)22-12-8-19(27-25(22)33-3)9-13-23-28-24-21(5-4-14-31(24)29-23)18-6-10-20(32-2)11-7-18/h6-13,15-16,21H,4-5,14H2,1-3H3/t21-/m0/s1. The Morgan fingerprint density at radius 2 is 1.85 bits per heavy atom. The number of methoxy groups -OCH3 is 2. The van der Waals surface area contributed by atoms with Crippen LogP contribution in [0.4, 0.5) is 0 Å². The van der Waals surface area contributed by atoms with Gasteiger partial charge in [-0.2, -0.15) is 5.10 Å². The predicted octanol–water partition coefficient (Wildman–Crippen LogP) is 4.28. The van der Waals surface area contributed by atoms with Crippen molar-refractivity contribution in [2.24, 2.45) is 0 Å². The number of imidazole rings is 1. The maximum absolute atomic E-state index is 5.51. The van der Waals surface area contributed by atoms with Crippen LogP contribution in [0.15, 0.2) is 48.9 Å². The molecule has 4 aromatic rings. The van der Waals surface area contributed by atoms with Crippen molar-refractivity contribution in [1.29, 1.82) is 0 Å². The number of rotatable bonds is 6. The maximum atomic E-state index is 5.51. The van der Waals surface area contributed by atoms with Gasteiger partial charge in [-0.3, -0.25) is 0 Å². The van der Waals surface area contributed by atoms with Crippen molar-refractivity contribution in [2.75, 3.05) is 14.2 Å². The molecular weight excluding hydrogens is 416 g/mol. The van der Waals surface area contributed by atoms with Crippen LogP contribution in [0.25, 0.3) is 17.8 Å². The Labute approximate surface area is 192 Å². The number of hydrogen-bond acceptors (Lipinski definition) is 6. The van der Waals surface area contributed by atoms with Gasteiger partial charge in [-0.05, 0) is 61.7 Å². The van der Waals surface area contributed by atoms with Crippen molar-refractivity contribution in [2.45, 2.75) is 32.2 Å². The van der Waals surface area contributed by atoms with Crippen LogP contribution in [0, 0.1) is 6.92 Å². The van der Waals surface area contributed by atoms with Crippen LogP contribution in [0.5, 0.6) is 11.6 Å². The van der Waals surface area contributed by atoms with Crippen LogP contribution in [0.3, 0.4) is 0 Å². The van der Waals surface area contributed by atoms with Gasteiger partial charge in [-0.15, -0.1) is 0 Å².